The third kappa shape index (κ3) is 4.41. The molecule has 0 spiro atoms. The smallest absolute Gasteiger partial charge is 0.0587 e. The van der Waals surface area contributed by atoms with Crippen molar-refractivity contribution < 1.29 is 4.74 Å². The minimum atomic E-state index is 0.758. The molecule has 0 aliphatic carbocycles. The van der Waals surface area contributed by atoms with E-state index in [2.05, 4.69) is 33.4 Å². The molecule has 13 heavy (non-hydrogen) atoms. The van der Waals surface area contributed by atoms with Gasteiger partial charge in [0.25, 0.3) is 0 Å². The summed E-state index contributed by atoms with van der Waals surface area (Å²) in [5.74, 6) is 0. The van der Waals surface area contributed by atoms with Crippen LogP contribution in [0.4, 0.5) is 0 Å². The molecule has 0 saturated heterocycles. The predicted molar refractivity (Wildman–Crippen MR) is 57.7 cm³/mol. The Kier molecular flexibility index (Phi) is 5.05. The Morgan fingerprint density at radius 3 is 3.00 bits per heavy atom. The summed E-state index contributed by atoms with van der Waals surface area (Å²) in [6.07, 6.45) is 0. The van der Waals surface area contributed by atoms with Crippen LogP contribution in [0.2, 0.25) is 0 Å². The first kappa shape index (κ1) is 10.7. The van der Waals surface area contributed by atoms with E-state index < -0.39 is 0 Å². The second-order valence-electron chi connectivity index (χ2n) is 2.80. The zero-order valence-electron chi connectivity index (χ0n) is 7.72. The molecule has 0 bridgehead atoms. The highest BCUT2D eigenvalue weighted by Crippen LogP contribution is 2.10. The van der Waals surface area contributed by atoms with Gasteiger partial charge in [0.1, 0.15) is 0 Å². The van der Waals surface area contributed by atoms with Gasteiger partial charge in [0.2, 0.25) is 0 Å². The average molecular weight is 244 g/mol. The first-order valence-electron chi connectivity index (χ1n) is 4.27. The average Bonchev–Trinajstić information content (AvgIpc) is 2.13. The minimum absolute atomic E-state index is 0.758. The number of hydrogen-bond acceptors (Lipinski definition) is 2. The monoisotopic (exact) mass is 243 g/mol. The molecule has 0 heterocycles. The molecule has 0 unspecified atom stereocenters. The molecule has 0 fully saturated rings. The van der Waals surface area contributed by atoms with Gasteiger partial charge in [0, 0.05) is 24.7 Å². The number of nitrogens with one attached hydrogen (secondary N) is 1. The van der Waals surface area contributed by atoms with E-state index >= 15 is 0 Å². The Morgan fingerprint density at radius 2 is 2.31 bits per heavy atom. The van der Waals surface area contributed by atoms with Crippen molar-refractivity contribution in [2.45, 2.75) is 6.54 Å². The summed E-state index contributed by atoms with van der Waals surface area (Å²) in [6.45, 7) is 2.54. The molecule has 0 aromatic heterocycles. The number of halogens is 1. The molecule has 1 rings (SSSR count). The first-order valence-corrected chi connectivity index (χ1v) is 5.06. The fourth-order valence-corrected chi connectivity index (χ4v) is 1.50. The van der Waals surface area contributed by atoms with Crippen molar-refractivity contribution in [2.75, 3.05) is 20.3 Å². The topological polar surface area (TPSA) is 21.3 Å². The van der Waals surface area contributed by atoms with Gasteiger partial charge in [-0.2, -0.15) is 0 Å². The van der Waals surface area contributed by atoms with Crippen molar-refractivity contribution in [1.82, 2.24) is 5.32 Å². The summed E-state index contributed by atoms with van der Waals surface area (Å²) in [4.78, 5) is 0. The van der Waals surface area contributed by atoms with Gasteiger partial charge in [-0.25, -0.2) is 0 Å². The van der Waals surface area contributed by atoms with Crippen LogP contribution < -0.4 is 5.32 Å². The molecular weight excluding hydrogens is 230 g/mol. The third-order valence-corrected chi connectivity index (χ3v) is 2.19. The lowest BCUT2D eigenvalue weighted by Crippen LogP contribution is -2.18. The molecule has 0 aliphatic heterocycles. The highest BCUT2D eigenvalue weighted by atomic mass is 79.9. The number of ether oxygens (including phenoxy) is 1. The largest absolute Gasteiger partial charge is 0.383 e. The maximum absolute atomic E-state index is 4.93. The van der Waals surface area contributed by atoms with Crippen molar-refractivity contribution in [3.05, 3.63) is 34.3 Å². The molecule has 1 aromatic carbocycles. The summed E-state index contributed by atoms with van der Waals surface area (Å²) in [5.41, 5.74) is 1.28. The van der Waals surface area contributed by atoms with E-state index in [1.165, 1.54) is 5.56 Å². The fraction of sp³-hybridized carbons (Fsp3) is 0.400. The first-order chi connectivity index (χ1) is 6.33. The van der Waals surface area contributed by atoms with E-state index in [0.717, 1.165) is 24.2 Å². The van der Waals surface area contributed by atoms with Gasteiger partial charge in [-0.15, -0.1) is 0 Å². The van der Waals surface area contributed by atoms with Crippen LogP contribution in [0.3, 0.4) is 0 Å². The summed E-state index contributed by atoms with van der Waals surface area (Å²) >= 11 is 3.43. The van der Waals surface area contributed by atoms with Crippen LogP contribution in [0.25, 0.3) is 0 Å². The Hall–Kier alpha value is -0.380. The fourth-order valence-electron chi connectivity index (χ4n) is 1.05. The molecule has 0 aliphatic rings. The number of benzene rings is 1. The van der Waals surface area contributed by atoms with Crippen molar-refractivity contribution >= 4 is 15.9 Å². The van der Waals surface area contributed by atoms with Crippen molar-refractivity contribution in [3.63, 3.8) is 0 Å². The molecule has 1 aromatic rings. The SMILES string of the molecule is COCCNCc1cccc(Br)c1. The lowest BCUT2D eigenvalue weighted by molar-refractivity contribution is 0.199. The third-order valence-electron chi connectivity index (χ3n) is 1.70. The Bertz CT molecular complexity index is 252. The molecular formula is C10H14BrNO. The highest BCUT2D eigenvalue weighted by Gasteiger charge is 1.92. The molecule has 0 saturated carbocycles. The van der Waals surface area contributed by atoms with Crippen LogP contribution in [0.5, 0.6) is 0 Å². The van der Waals surface area contributed by atoms with Gasteiger partial charge < -0.3 is 10.1 Å². The van der Waals surface area contributed by atoms with Gasteiger partial charge in [0.05, 0.1) is 6.61 Å². The van der Waals surface area contributed by atoms with E-state index in [0.29, 0.717) is 0 Å². The van der Waals surface area contributed by atoms with Crippen LogP contribution in [-0.4, -0.2) is 20.3 Å². The van der Waals surface area contributed by atoms with E-state index in [4.69, 9.17) is 4.74 Å². The molecule has 0 atom stereocenters. The summed E-state index contributed by atoms with van der Waals surface area (Å²) in [7, 11) is 1.71. The molecule has 0 amide bonds. The molecule has 72 valence electrons. The molecule has 2 nitrogen and oxygen atoms in total. The Labute approximate surface area is 87.4 Å². The van der Waals surface area contributed by atoms with Gasteiger partial charge in [-0.05, 0) is 17.7 Å². The van der Waals surface area contributed by atoms with Crippen molar-refractivity contribution in [2.24, 2.45) is 0 Å². The molecule has 3 heteroatoms. The highest BCUT2D eigenvalue weighted by molar-refractivity contribution is 9.10. The Balaban J connectivity index is 2.28. The van der Waals surface area contributed by atoms with Gasteiger partial charge >= 0.3 is 0 Å². The van der Waals surface area contributed by atoms with Crippen LogP contribution in [0.1, 0.15) is 5.56 Å². The van der Waals surface area contributed by atoms with Crippen LogP contribution in [0, 0.1) is 0 Å². The Morgan fingerprint density at radius 1 is 1.46 bits per heavy atom. The van der Waals surface area contributed by atoms with E-state index in [-0.39, 0.29) is 0 Å². The lowest BCUT2D eigenvalue weighted by atomic mass is 10.2. The number of rotatable bonds is 5. The quantitative estimate of drug-likeness (QED) is 0.801. The van der Waals surface area contributed by atoms with Crippen molar-refractivity contribution in [3.8, 4) is 0 Å². The van der Waals surface area contributed by atoms with Crippen LogP contribution in [-0.2, 0) is 11.3 Å². The predicted octanol–water partition coefficient (Wildman–Crippen LogP) is 2.19. The zero-order chi connectivity index (χ0) is 9.52. The number of methoxy groups -OCH3 is 1. The van der Waals surface area contributed by atoms with E-state index in [1.54, 1.807) is 7.11 Å². The van der Waals surface area contributed by atoms with Crippen molar-refractivity contribution in [1.29, 1.82) is 0 Å². The normalized spacial score (nSPS) is 10.3. The standard InChI is InChI=1S/C10H14BrNO/c1-13-6-5-12-8-9-3-2-4-10(11)7-9/h2-4,7,12H,5-6,8H2,1H3. The van der Waals surface area contributed by atoms with Crippen LogP contribution >= 0.6 is 15.9 Å². The zero-order valence-corrected chi connectivity index (χ0v) is 9.30. The van der Waals surface area contributed by atoms with E-state index in [9.17, 15) is 0 Å². The maximum Gasteiger partial charge on any atom is 0.0587 e. The van der Waals surface area contributed by atoms with E-state index in [1.807, 2.05) is 12.1 Å². The second-order valence-corrected chi connectivity index (χ2v) is 3.72. The lowest BCUT2D eigenvalue weighted by Gasteiger charge is -2.04. The maximum atomic E-state index is 4.93. The van der Waals surface area contributed by atoms with Gasteiger partial charge in [-0.3, -0.25) is 0 Å². The van der Waals surface area contributed by atoms with Gasteiger partial charge in [0.15, 0.2) is 0 Å². The minimum Gasteiger partial charge on any atom is -0.383 e. The van der Waals surface area contributed by atoms with Crippen LogP contribution in [0.15, 0.2) is 28.7 Å². The van der Waals surface area contributed by atoms with Gasteiger partial charge in [-0.1, -0.05) is 28.1 Å². The summed E-state index contributed by atoms with van der Waals surface area (Å²) in [6, 6.07) is 8.28. The summed E-state index contributed by atoms with van der Waals surface area (Å²) < 4.78 is 6.06. The second kappa shape index (κ2) is 6.13. The molecule has 1 N–H and O–H groups in total. The molecule has 0 radical (unpaired) electrons. The summed E-state index contributed by atoms with van der Waals surface area (Å²) in [5, 5.41) is 3.28. The number of hydrogen-bond donors (Lipinski definition) is 1.